The number of aromatic nitrogens is 2. The van der Waals surface area contributed by atoms with Crippen LogP contribution >= 0.6 is 0 Å². The highest BCUT2D eigenvalue weighted by molar-refractivity contribution is 5.87. The van der Waals surface area contributed by atoms with Crippen LogP contribution < -0.4 is 5.32 Å². The molecule has 0 radical (unpaired) electrons. The van der Waals surface area contributed by atoms with Crippen molar-refractivity contribution in [2.45, 2.75) is 20.0 Å². The van der Waals surface area contributed by atoms with Crippen molar-refractivity contribution in [1.82, 2.24) is 15.5 Å². The maximum absolute atomic E-state index is 11.4. The minimum absolute atomic E-state index is 0.318. The Bertz CT molecular complexity index is 522. The topological polar surface area (TPSA) is 67.0 Å². The summed E-state index contributed by atoms with van der Waals surface area (Å²) >= 11 is 0. The summed E-state index contributed by atoms with van der Waals surface area (Å²) in [7, 11) is 0. The van der Waals surface area contributed by atoms with Gasteiger partial charge < -0.3 is 10.1 Å². The number of rotatable bonds is 6. The van der Waals surface area contributed by atoms with Gasteiger partial charge in [-0.1, -0.05) is 30.3 Å². The number of carbonyl (C=O) groups is 1. The van der Waals surface area contributed by atoms with Gasteiger partial charge in [0.1, 0.15) is 0 Å². The average Bonchev–Trinajstić information content (AvgIpc) is 2.89. The summed E-state index contributed by atoms with van der Waals surface area (Å²) in [5.74, 6) is -0.395. The summed E-state index contributed by atoms with van der Waals surface area (Å²) in [5, 5.41) is 10.0. The van der Waals surface area contributed by atoms with Gasteiger partial charge in [-0.25, -0.2) is 4.79 Å². The number of esters is 1. The third kappa shape index (κ3) is 3.93. The van der Waals surface area contributed by atoms with E-state index in [4.69, 9.17) is 4.74 Å². The largest absolute Gasteiger partial charge is 0.461 e. The number of nitrogens with one attached hydrogen (secondary N) is 2. The van der Waals surface area contributed by atoms with E-state index in [-0.39, 0.29) is 0 Å². The number of hydrogen-bond donors (Lipinski definition) is 2. The molecule has 0 spiro atoms. The van der Waals surface area contributed by atoms with Crippen molar-refractivity contribution in [3.8, 4) is 0 Å². The van der Waals surface area contributed by atoms with Crippen LogP contribution in [-0.4, -0.2) is 22.8 Å². The van der Waals surface area contributed by atoms with Crippen LogP contribution in [-0.2, 0) is 17.8 Å². The van der Waals surface area contributed by atoms with Crippen LogP contribution in [0.1, 0.15) is 28.7 Å². The standard InChI is InChI=1S/C14H17N3O2/c1-2-19-14(18)13-8-12(16-17-13)10-15-9-11-6-4-3-5-7-11/h3-8,15H,2,9-10H2,1H3,(H,16,17). The van der Waals surface area contributed by atoms with Gasteiger partial charge in [-0.15, -0.1) is 0 Å². The van der Waals surface area contributed by atoms with E-state index in [0.717, 1.165) is 12.2 Å². The van der Waals surface area contributed by atoms with Crippen molar-refractivity contribution >= 4 is 5.97 Å². The van der Waals surface area contributed by atoms with E-state index in [0.29, 0.717) is 18.8 Å². The fourth-order valence-electron chi connectivity index (χ4n) is 1.70. The molecule has 5 heteroatoms. The molecule has 0 bridgehead atoms. The summed E-state index contributed by atoms with van der Waals surface area (Å²) in [6.07, 6.45) is 0. The minimum Gasteiger partial charge on any atom is -0.461 e. The molecule has 0 unspecified atom stereocenters. The van der Waals surface area contributed by atoms with Crippen molar-refractivity contribution in [3.63, 3.8) is 0 Å². The Morgan fingerprint density at radius 3 is 2.84 bits per heavy atom. The zero-order valence-electron chi connectivity index (χ0n) is 10.8. The maximum Gasteiger partial charge on any atom is 0.358 e. The molecule has 2 aromatic rings. The summed E-state index contributed by atoms with van der Waals surface area (Å²) in [6.45, 7) is 3.52. The molecule has 0 fully saturated rings. The Morgan fingerprint density at radius 2 is 2.11 bits per heavy atom. The fourth-order valence-corrected chi connectivity index (χ4v) is 1.70. The van der Waals surface area contributed by atoms with Crippen molar-refractivity contribution in [2.75, 3.05) is 6.61 Å². The molecule has 5 nitrogen and oxygen atoms in total. The normalized spacial score (nSPS) is 10.4. The zero-order chi connectivity index (χ0) is 13.5. The van der Waals surface area contributed by atoms with Gasteiger partial charge in [0.05, 0.1) is 6.61 Å². The molecule has 0 aliphatic rings. The fraction of sp³-hybridized carbons (Fsp3) is 0.286. The van der Waals surface area contributed by atoms with Crippen molar-refractivity contribution in [1.29, 1.82) is 0 Å². The van der Waals surface area contributed by atoms with Crippen LogP contribution in [0.3, 0.4) is 0 Å². The van der Waals surface area contributed by atoms with Crippen molar-refractivity contribution in [2.24, 2.45) is 0 Å². The highest BCUT2D eigenvalue weighted by atomic mass is 16.5. The van der Waals surface area contributed by atoms with Crippen LogP contribution in [0.4, 0.5) is 0 Å². The first kappa shape index (κ1) is 13.3. The molecule has 1 aromatic carbocycles. The van der Waals surface area contributed by atoms with Gasteiger partial charge in [-0.2, -0.15) is 5.10 Å². The van der Waals surface area contributed by atoms with Gasteiger partial charge in [0, 0.05) is 18.8 Å². The van der Waals surface area contributed by atoms with Gasteiger partial charge in [0.2, 0.25) is 0 Å². The number of H-pyrrole nitrogens is 1. The molecule has 2 rings (SSSR count). The second kappa shape index (κ2) is 6.70. The zero-order valence-corrected chi connectivity index (χ0v) is 10.8. The predicted octanol–water partition coefficient (Wildman–Crippen LogP) is 1.88. The lowest BCUT2D eigenvalue weighted by Gasteiger charge is -2.02. The third-order valence-corrected chi connectivity index (χ3v) is 2.60. The number of carbonyl (C=O) groups excluding carboxylic acids is 1. The lowest BCUT2D eigenvalue weighted by Crippen LogP contribution is -2.12. The minimum atomic E-state index is -0.395. The first-order valence-electron chi connectivity index (χ1n) is 6.25. The Kier molecular flexibility index (Phi) is 4.69. The number of hydrogen-bond acceptors (Lipinski definition) is 4. The molecule has 1 aromatic heterocycles. The quantitative estimate of drug-likeness (QED) is 0.777. The van der Waals surface area contributed by atoms with Gasteiger partial charge >= 0.3 is 5.97 Å². The molecule has 0 amide bonds. The Labute approximate surface area is 112 Å². The molecule has 2 N–H and O–H groups in total. The molecule has 0 saturated heterocycles. The molecule has 100 valence electrons. The SMILES string of the molecule is CCOC(=O)c1cc(CNCc2ccccc2)[nH]n1. The van der Waals surface area contributed by atoms with E-state index in [1.54, 1.807) is 13.0 Å². The number of aromatic amines is 1. The molecule has 19 heavy (non-hydrogen) atoms. The van der Waals surface area contributed by atoms with E-state index >= 15 is 0 Å². The first-order valence-corrected chi connectivity index (χ1v) is 6.25. The monoisotopic (exact) mass is 259 g/mol. The highest BCUT2D eigenvalue weighted by Gasteiger charge is 2.10. The van der Waals surface area contributed by atoms with Crippen LogP contribution in [0.25, 0.3) is 0 Å². The lowest BCUT2D eigenvalue weighted by atomic mass is 10.2. The van der Waals surface area contributed by atoms with Crippen LogP contribution in [0.15, 0.2) is 36.4 Å². The van der Waals surface area contributed by atoms with Crippen LogP contribution in [0, 0.1) is 0 Å². The number of benzene rings is 1. The number of ether oxygens (including phenoxy) is 1. The lowest BCUT2D eigenvalue weighted by molar-refractivity contribution is 0.0519. The van der Waals surface area contributed by atoms with E-state index in [1.165, 1.54) is 5.56 Å². The van der Waals surface area contributed by atoms with E-state index < -0.39 is 5.97 Å². The molecular formula is C14H17N3O2. The first-order chi connectivity index (χ1) is 9.29. The Balaban J connectivity index is 1.82. The predicted molar refractivity (Wildman–Crippen MR) is 71.5 cm³/mol. The second-order valence-electron chi connectivity index (χ2n) is 4.09. The van der Waals surface area contributed by atoms with Gasteiger partial charge in [0.25, 0.3) is 0 Å². The summed E-state index contributed by atoms with van der Waals surface area (Å²) < 4.78 is 4.87. The van der Waals surface area contributed by atoms with Crippen LogP contribution in [0.5, 0.6) is 0 Å². The Morgan fingerprint density at radius 1 is 1.32 bits per heavy atom. The van der Waals surface area contributed by atoms with Crippen molar-refractivity contribution in [3.05, 3.63) is 53.3 Å². The third-order valence-electron chi connectivity index (χ3n) is 2.60. The number of nitrogens with zero attached hydrogens (tertiary/aromatic N) is 1. The molecule has 0 atom stereocenters. The molecule has 0 saturated carbocycles. The summed E-state index contributed by atoms with van der Waals surface area (Å²) in [6, 6.07) is 11.8. The van der Waals surface area contributed by atoms with E-state index in [1.807, 2.05) is 18.2 Å². The maximum atomic E-state index is 11.4. The van der Waals surface area contributed by atoms with Gasteiger partial charge in [0.15, 0.2) is 5.69 Å². The average molecular weight is 259 g/mol. The van der Waals surface area contributed by atoms with Crippen molar-refractivity contribution < 1.29 is 9.53 Å². The molecular weight excluding hydrogens is 242 g/mol. The van der Waals surface area contributed by atoms with Gasteiger partial charge in [-0.05, 0) is 18.6 Å². The highest BCUT2D eigenvalue weighted by Crippen LogP contribution is 2.03. The van der Waals surface area contributed by atoms with Gasteiger partial charge in [-0.3, -0.25) is 5.10 Å². The Hall–Kier alpha value is -2.14. The van der Waals surface area contributed by atoms with Crippen LogP contribution in [0.2, 0.25) is 0 Å². The summed E-state index contributed by atoms with van der Waals surface area (Å²) in [4.78, 5) is 11.4. The molecule has 0 aliphatic carbocycles. The molecule has 1 heterocycles. The van der Waals surface area contributed by atoms with E-state index in [9.17, 15) is 4.79 Å². The van der Waals surface area contributed by atoms with E-state index in [2.05, 4.69) is 27.6 Å². The molecule has 0 aliphatic heterocycles. The summed E-state index contributed by atoms with van der Waals surface area (Å²) in [5.41, 5.74) is 2.39. The second-order valence-corrected chi connectivity index (χ2v) is 4.09. The smallest absolute Gasteiger partial charge is 0.358 e.